The van der Waals surface area contributed by atoms with E-state index < -0.39 is 0 Å². The molecule has 0 saturated heterocycles. The van der Waals surface area contributed by atoms with Crippen LogP contribution >= 0.6 is 27.5 Å². The van der Waals surface area contributed by atoms with E-state index in [2.05, 4.69) is 28.1 Å². The fourth-order valence-corrected chi connectivity index (χ4v) is 2.47. The van der Waals surface area contributed by atoms with Crippen LogP contribution in [0.25, 0.3) is 0 Å². The van der Waals surface area contributed by atoms with Crippen molar-refractivity contribution in [1.29, 1.82) is 0 Å². The van der Waals surface area contributed by atoms with Crippen LogP contribution < -0.4 is 0 Å². The molecule has 0 amide bonds. The van der Waals surface area contributed by atoms with E-state index >= 15 is 0 Å². The van der Waals surface area contributed by atoms with Crippen LogP contribution in [-0.2, 0) is 17.8 Å². The summed E-state index contributed by atoms with van der Waals surface area (Å²) in [5.74, 6) is 0. The number of benzene rings is 2. The lowest BCUT2D eigenvalue weighted by molar-refractivity contribution is 0.235. The molecule has 0 radical (unpaired) electrons. The molecule has 3 heteroatoms. The van der Waals surface area contributed by atoms with Gasteiger partial charge < -0.3 is 4.74 Å². The molecule has 2 aromatic carbocycles. The van der Waals surface area contributed by atoms with Crippen LogP contribution in [0.5, 0.6) is 0 Å². The van der Waals surface area contributed by atoms with Crippen molar-refractivity contribution in [3.05, 3.63) is 81.5 Å². The summed E-state index contributed by atoms with van der Waals surface area (Å²) in [6, 6.07) is 16.0. The van der Waals surface area contributed by atoms with E-state index in [1.807, 2.05) is 42.5 Å². The minimum atomic E-state index is 0.609. The highest BCUT2D eigenvalue weighted by Gasteiger charge is 1.99. The molecule has 0 atom stereocenters. The van der Waals surface area contributed by atoms with Gasteiger partial charge in [-0.1, -0.05) is 57.9 Å². The quantitative estimate of drug-likeness (QED) is 0.601. The standard InChI is InChI=1S/C17H16BrClO/c18-17-10-9-16(19)12-15(17)8-4-5-11-20-13-14-6-2-1-3-7-14/h1-3,5-7,9-12H,4,8,13H2. The van der Waals surface area contributed by atoms with Crippen LogP contribution in [0, 0.1) is 0 Å². The lowest BCUT2D eigenvalue weighted by atomic mass is 10.1. The molecule has 0 aromatic heterocycles. The third kappa shape index (κ3) is 5.03. The monoisotopic (exact) mass is 350 g/mol. The molecular weight excluding hydrogens is 336 g/mol. The Labute approximate surface area is 133 Å². The van der Waals surface area contributed by atoms with Crippen LogP contribution in [0.4, 0.5) is 0 Å². The van der Waals surface area contributed by atoms with Crippen molar-refractivity contribution in [2.24, 2.45) is 0 Å². The zero-order chi connectivity index (χ0) is 14.2. The minimum absolute atomic E-state index is 0.609. The maximum Gasteiger partial charge on any atom is 0.112 e. The van der Waals surface area contributed by atoms with Crippen molar-refractivity contribution in [3.8, 4) is 0 Å². The van der Waals surface area contributed by atoms with Gasteiger partial charge in [-0.3, -0.25) is 0 Å². The number of allylic oxidation sites excluding steroid dienone is 1. The molecular formula is C17H16BrClO. The molecule has 0 aliphatic heterocycles. The summed E-state index contributed by atoms with van der Waals surface area (Å²) >= 11 is 9.51. The first-order valence-electron chi connectivity index (χ1n) is 6.50. The number of rotatable bonds is 6. The minimum Gasteiger partial charge on any atom is -0.497 e. The second-order valence-corrected chi connectivity index (χ2v) is 5.73. The number of halogens is 2. The average Bonchev–Trinajstić information content (AvgIpc) is 2.47. The fourth-order valence-electron chi connectivity index (χ4n) is 1.83. The van der Waals surface area contributed by atoms with E-state index in [0.29, 0.717) is 6.61 Å². The highest BCUT2D eigenvalue weighted by atomic mass is 79.9. The van der Waals surface area contributed by atoms with Crippen molar-refractivity contribution in [3.63, 3.8) is 0 Å². The number of aryl methyl sites for hydroxylation is 1. The van der Waals surface area contributed by atoms with Gasteiger partial charge >= 0.3 is 0 Å². The first kappa shape index (κ1) is 15.1. The number of ether oxygens (including phenoxy) is 1. The SMILES string of the molecule is Clc1ccc(Br)c(CCC=COCc2ccccc2)c1. The summed E-state index contributed by atoms with van der Waals surface area (Å²) < 4.78 is 6.59. The lowest BCUT2D eigenvalue weighted by Crippen LogP contribution is -1.87. The smallest absolute Gasteiger partial charge is 0.112 e. The summed E-state index contributed by atoms with van der Waals surface area (Å²) in [6.45, 7) is 0.609. The molecule has 0 unspecified atom stereocenters. The maximum atomic E-state index is 5.98. The van der Waals surface area contributed by atoms with E-state index in [1.54, 1.807) is 6.26 Å². The van der Waals surface area contributed by atoms with Gasteiger partial charge in [-0.15, -0.1) is 0 Å². The predicted molar refractivity (Wildman–Crippen MR) is 87.8 cm³/mol. The van der Waals surface area contributed by atoms with Crippen LogP contribution in [0.3, 0.4) is 0 Å². The van der Waals surface area contributed by atoms with E-state index in [9.17, 15) is 0 Å². The number of hydrogen-bond acceptors (Lipinski definition) is 1. The molecule has 0 saturated carbocycles. The van der Waals surface area contributed by atoms with Gasteiger partial charge in [0.1, 0.15) is 6.61 Å². The van der Waals surface area contributed by atoms with Crippen LogP contribution in [-0.4, -0.2) is 0 Å². The molecule has 0 fully saturated rings. The average molecular weight is 352 g/mol. The van der Waals surface area contributed by atoms with Crippen molar-refractivity contribution in [1.82, 2.24) is 0 Å². The Morgan fingerprint density at radius 3 is 2.70 bits per heavy atom. The van der Waals surface area contributed by atoms with Crippen molar-refractivity contribution in [2.45, 2.75) is 19.4 Å². The Morgan fingerprint density at radius 1 is 1.10 bits per heavy atom. The Morgan fingerprint density at radius 2 is 1.90 bits per heavy atom. The molecule has 1 nitrogen and oxygen atoms in total. The fraction of sp³-hybridized carbons (Fsp3) is 0.176. The normalized spacial score (nSPS) is 10.9. The second-order valence-electron chi connectivity index (χ2n) is 4.44. The third-order valence-electron chi connectivity index (χ3n) is 2.87. The first-order valence-corrected chi connectivity index (χ1v) is 7.67. The molecule has 0 aliphatic carbocycles. The summed E-state index contributed by atoms with van der Waals surface area (Å²) in [6.07, 6.45) is 5.67. The summed E-state index contributed by atoms with van der Waals surface area (Å²) in [5, 5.41) is 0.771. The molecule has 104 valence electrons. The zero-order valence-electron chi connectivity index (χ0n) is 11.1. The zero-order valence-corrected chi connectivity index (χ0v) is 13.4. The molecule has 0 heterocycles. The second kappa shape index (κ2) is 8.13. The van der Waals surface area contributed by atoms with E-state index in [1.165, 1.54) is 11.1 Å². The molecule has 2 aromatic rings. The van der Waals surface area contributed by atoms with E-state index in [4.69, 9.17) is 16.3 Å². The highest BCUT2D eigenvalue weighted by Crippen LogP contribution is 2.22. The Balaban J connectivity index is 1.73. The Bertz CT molecular complexity index is 566. The van der Waals surface area contributed by atoms with Crippen molar-refractivity contribution >= 4 is 27.5 Å². The van der Waals surface area contributed by atoms with Gasteiger partial charge in [0, 0.05) is 9.50 Å². The van der Waals surface area contributed by atoms with Crippen LogP contribution in [0.15, 0.2) is 65.3 Å². The van der Waals surface area contributed by atoms with Gasteiger partial charge in [0.05, 0.1) is 6.26 Å². The molecule has 0 spiro atoms. The van der Waals surface area contributed by atoms with Gasteiger partial charge in [-0.05, 0) is 48.2 Å². The van der Waals surface area contributed by atoms with Gasteiger partial charge in [0.15, 0.2) is 0 Å². The van der Waals surface area contributed by atoms with Crippen LogP contribution in [0.1, 0.15) is 17.5 Å². The third-order valence-corrected chi connectivity index (χ3v) is 3.88. The summed E-state index contributed by atoms with van der Waals surface area (Å²) in [4.78, 5) is 0. The molecule has 0 N–H and O–H groups in total. The van der Waals surface area contributed by atoms with Gasteiger partial charge in [0.2, 0.25) is 0 Å². The predicted octanol–water partition coefficient (Wildman–Crippen LogP) is 5.77. The molecule has 20 heavy (non-hydrogen) atoms. The van der Waals surface area contributed by atoms with Gasteiger partial charge in [-0.25, -0.2) is 0 Å². The highest BCUT2D eigenvalue weighted by molar-refractivity contribution is 9.10. The Hall–Kier alpha value is -1.25. The van der Waals surface area contributed by atoms with Gasteiger partial charge in [-0.2, -0.15) is 0 Å². The molecule has 2 rings (SSSR count). The largest absolute Gasteiger partial charge is 0.497 e. The molecule has 0 aliphatic rings. The van der Waals surface area contributed by atoms with Gasteiger partial charge in [0.25, 0.3) is 0 Å². The number of hydrogen-bond donors (Lipinski definition) is 0. The maximum absolute atomic E-state index is 5.98. The van der Waals surface area contributed by atoms with E-state index in [0.717, 1.165) is 22.3 Å². The Kier molecular flexibility index (Phi) is 6.16. The molecule has 0 bridgehead atoms. The van der Waals surface area contributed by atoms with E-state index in [-0.39, 0.29) is 0 Å². The van der Waals surface area contributed by atoms with Crippen molar-refractivity contribution in [2.75, 3.05) is 0 Å². The summed E-state index contributed by atoms with van der Waals surface area (Å²) in [5.41, 5.74) is 2.39. The van der Waals surface area contributed by atoms with Crippen molar-refractivity contribution < 1.29 is 4.74 Å². The summed E-state index contributed by atoms with van der Waals surface area (Å²) in [7, 11) is 0. The first-order chi connectivity index (χ1) is 9.75. The van der Waals surface area contributed by atoms with Crippen LogP contribution in [0.2, 0.25) is 5.02 Å². The topological polar surface area (TPSA) is 9.23 Å². The lowest BCUT2D eigenvalue weighted by Gasteiger charge is -2.03.